The normalized spacial score (nSPS) is 27.0. The molecule has 1 saturated heterocycles. The summed E-state index contributed by atoms with van der Waals surface area (Å²) in [4.78, 5) is 38.8. The lowest BCUT2D eigenvalue weighted by atomic mass is 9.80. The molecule has 1 aliphatic heterocycles. The zero-order chi connectivity index (χ0) is 38.2. The van der Waals surface area contributed by atoms with Gasteiger partial charge in [-0.15, -0.1) is 0 Å². The van der Waals surface area contributed by atoms with Crippen LogP contribution in [-0.2, 0) is 37.8 Å². The average molecular weight is 742 g/mol. The fraction of sp³-hybridized carbons (Fsp3) is 0.625. The first-order chi connectivity index (χ1) is 24.6. The SMILES string of the molecule is COC(=O)CO[C@@H]1C(NC(=O)C(C)C)C(O[C@H]2CCC[C@@H](CC(=O)C(C)C)[C@@H]2O[Si](c2ccccc2)(c2ccccc2)C(C)(C)C)OC(CO)[C@H]1O. The van der Waals surface area contributed by atoms with Crippen molar-refractivity contribution in [1.82, 2.24) is 5.32 Å². The van der Waals surface area contributed by atoms with Gasteiger partial charge in [0.15, 0.2) is 6.29 Å². The van der Waals surface area contributed by atoms with E-state index in [0.717, 1.165) is 23.2 Å². The first-order valence-corrected chi connectivity index (χ1v) is 20.5. The van der Waals surface area contributed by atoms with Gasteiger partial charge >= 0.3 is 5.97 Å². The molecule has 1 aliphatic carbocycles. The Bertz CT molecular complexity index is 1410. The summed E-state index contributed by atoms with van der Waals surface area (Å²) in [7, 11) is -1.93. The molecule has 0 aromatic heterocycles. The molecule has 3 unspecified atom stereocenters. The van der Waals surface area contributed by atoms with E-state index in [0.29, 0.717) is 12.8 Å². The number of benzene rings is 2. The quantitative estimate of drug-likeness (QED) is 0.183. The monoisotopic (exact) mass is 741 g/mol. The fourth-order valence-corrected chi connectivity index (χ4v) is 12.2. The van der Waals surface area contributed by atoms with Crippen molar-refractivity contribution in [3.8, 4) is 0 Å². The molecule has 8 atom stereocenters. The molecular weight excluding hydrogens is 683 g/mol. The van der Waals surface area contributed by atoms with Crippen LogP contribution >= 0.6 is 0 Å². The number of methoxy groups -OCH3 is 1. The molecule has 288 valence electrons. The number of nitrogens with one attached hydrogen (secondary N) is 1. The number of carbonyl (C=O) groups excluding carboxylic acids is 3. The Morgan fingerprint density at radius 2 is 1.52 bits per heavy atom. The van der Waals surface area contributed by atoms with Crippen molar-refractivity contribution in [3.05, 3.63) is 60.7 Å². The maximum Gasteiger partial charge on any atom is 0.331 e. The van der Waals surface area contributed by atoms with E-state index in [9.17, 15) is 24.6 Å². The van der Waals surface area contributed by atoms with Gasteiger partial charge in [-0.2, -0.15) is 0 Å². The van der Waals surface area contributed by atoms with Gasteiger partial charge in [0.05, 0.1) is 25.9 Å². The second kappa shape index (κ2) is 18.4. The van der Waals surface area contributed by atoms with Crippen molar-refractivity contribution in [3.63, 3.8) is 0 Å². The Morgan fingerprint density at radius 3 is 2.02 bits per heavy atom. The van der Waals surface area contributed by atoms with Crippen molar-refractivity contribution in [2.24, 2.45) is 17.8 Å². The van der Waals surface area contributed by atoms with Crippen molar-refractivity contribution >= 4 is 36.4 Å². The Kier molecular flexibility index (Phi) is 14.8. The van der Waals surface area contributed by atoms with Gasteiger partial charge in [0.1, 0.15) is 36.7 Å². The molecule has 0 radical (unpaired) electrons. The Balaban J connectivity index is 1.84. The number of Topliss-reactive ketones (excluding diaryl/α,β-unsaturated/α-hetero) is 1. The predicted molar refractivity (Wildman–Crippen MR) is 199 cm³/mol. The lowest BCUT2D eigenvalue weighted by Crippen LogP contribution is -2.70. The Morgan fingerprint density at radius 1 is 0.923 bits per heavy atom. The number of esters is 1. The largest absolute Gasteiger partial charge is 0.467 e. The minimum Gasteiger partial charge on any atom is -0.467 e. The van der Waals surface area contributed by atoms with E-state index in [1.807, 2.05) is 50.2 Å². The van der Waals surface area contributed by atoms with Crippen molar-refractivity contribution in [2.45, 2.75) is 122 Å². The van der Waals surface area contributed by atoms with Crippen LogP contribution in [0.1, 0.15) is 74.1 Å². The van der Waals surface area contributed by atoms with E-state index in [-0.39, 0.29) is 28.6 Å². The third-order valence-electron chi connectivity index (χ3n) is 10.3. The third-order valence-corrected chi connectivity index (χ3v) is 15.4. The summed E-state index contributed by atoms with van der Waals surface area (Å²) in [5.41, 5.74) is 0. The minimum atomic E-state index is -3.15. The molecule has 11 nitrogen and oxygen atoms in total. The van der Waals surface area contributed by atoms with Crippen molar-refractivity contribution in [2.75, 3.05) is 20.3 Å². The van der Waals surface area contributed by atoms with Crippen LogP contribution in [0.2, 0.25) is 5.04 Å². The average Bonchev–Trinajstić information content (AvgIpc) is 3.12. The van der Waals surface area contributed by atoms with E-state index in [4.69, 9.17) is 23.4 Å². The second-order valence-corrected chi connectivity index (χ2v) is 19.9. The van der Waals surface area contributed by atoms with Gasteiger partial charge in [0, 0.05) is 18.3 Å². The van der Waals surface area contributed by atoms with Gasteiger partial charge in [-0.05, 0) is 34.2 Å². The van der Waals surface area contributed by atoms with Crippen LogP contribution in [0.5, 0.6) is 0 Å². The highest BCUT2D eigenvalue weighted by Gasteiger charge is 2.55. The summed E-state index contributed by atoms with van der Waals surface area (Å²) in [6.45, 7) is 12.8. The highest BCUT2D eigenvalue weighted by Crippen LogP contribution is 2.43. The van der Waals surface area contributed by atoms with Gasteiger partial charge in [-0.3, -0.25) is 9.59 Å². The van der Waals surface area contributed by atoms with Gasteiger partial charge in [-0.1, -0.05) is 116 Å². The van der Waals surface area contributed by atoms with Crippen molar-refractivity contribution < 1.29 is 48.0 Å². The van der Waals surface area contributed by atoms with Gasteiger partial charge in [0.25, 0.3) is 8.32 Å². The minimum absolute atomic E-state index is 0.137. The number of amides is 1. The summed E-state index contributed by atoms with van der Waals surface area (Å²) in [6.07, 6.45) is -3.73. The molecule has 1 saturated carbocycles. The van der Waals surface area contributed by atoms with E-state index < -0.39 is 76.3 Å². The molecule has 3 N–H and O–H groups in total. The number of ether oxygens (including phenoxy) is 4. The second-order valence-electron chi connectivity index (χ2n) is 15.7. The molecule has 0 spiro atoms. The Labute approximate surface area is 309 Å². The fourth-order valence-electron chi connectivity index (χ4n) is 7.40. The van der Waals surface area contributed by atoms with Crippen LogP contribution in [-0.4, -0.2) is 99.4 Å². The summed E-state index contributed by atoms with van der Waals surface area (Å²) in [6, 6.07) is 19.5. The van der Waals surface area contributed by atoms with Gasteiger partial charge in [0.2, 0.25) is 5.91 Å². The molecule has 2 aromatic carbocycles. The zero-order valence-electron chi connectivity index (χ0n) is 32.0. The number of hydrogen-bond donors (Lipinski definition) is 3. The molecule has 0 bridgehead atoms. The van der Waals surface area contributed by atoms with Crippen LogP contribution in [0.15, 0.2) is 60.7 Å². The van der Waals surface area contributed by atoms with E-state index in [1.54, 1.807) is 13.8 Å². The van der Waals surface area contributed by atoms with Crippen LogP contribution in [0.3, 0.4) is 0 Å². The first kappa shape index (κ1) is 41.8. The summed E-state index contributed by atoms with van der Waals surface area (Å²) in [5, 5.41) is 26.3. The van der Waals surface area contributed by atoms with Crippen LogP contribution < -0.4 is 15.7 Å². The number of rotatable bonds is 15. The lowest BCUT2D eigenvalue weighted by Gasteiger charge is -2.51. The van der Waals surface area contributed by atoms with Crippen LogP contribution in [0, 0.1) is 17.8 Å². The number of aliphatic hydroxyl groups is 2. The molecule has 2 fully saturated rings. The number of aliphatic hydroxyl groups excluding tert-OH is 2. The summed E-state index contributed by atoms with van der Waals surface area (Å²) >= 11 is 0. The zero-order valence-corrected chi connectivity index (χ0v) is 33.0. The molecule has 4 rings (SSSR count). The predicted octanol–water partition coefficient (Wildman–Crippen LogP) is 3.51. The number of ketones is 1. The van der Waals surface area contributed by atoms with E-state index in [2.05, 4.69) is 50.4 Å². The molecule has 2 aromatic rings. The molecular formula is C40H59NO10Si. The molecule has 1 heterocycles. The summed E-state index contributed by atoms with van der Waals surface area (Å²) < 4.78 is 31.5. The Hall–Kier alpha value is -2.97. The maximum atomic E-state index is 13.4. The van der Waals surface area contributed by atoms with E-state index in [1.165, 1.54) is 7.11 Å². The topological polar surface area (TPSA) is 150 Å². The van der Waals surface area contributed by atoms with Gasteiger partial charge < -0.3 is 38.9 Å². The first-order valence-electron chi connectivity index (χ1n) is 18.5. The molecule has 52 heavy (non-hydrogen) atoms. The van der Waals surface area contributed by atoms with E-state index >= 15 is 0 Å². The number of carbonyl (C=O) groups is 3. The molecule has 2 aliphatic rings. The standard InChI is InChI=1S/C40H59NO10Si/c1-25(2)30(43)22-27-16-15-21-31(36(27)51-52(40(5,6)7,28-17-11-9-12-18-28)29-19-13-10-14-20-29)49-39-34(41-38(46)26(3)4)37(48-24-33(44)47-8)35(45)32(23-42)50-39/h9-14,17-20,25-27,31-32,34-37,39,42,45H,15-16,21-24H2,1-8H3,(H,41,46)/t27-,31-,32?,34?,35+,36-,37+,39?/m0/s1. The number of hydrogen-bond acceptors (Lipinski definition) is 10. The highest BCUT2D eigenvalue weighted by atomic mass is 28.4. The third kappa shape index (κ3) is 9.57. The van der Waals surface area contributed by atoms with Crippen molar-refractivity contribution in [1.29, 1.82) is 0 Å². The summed E-state index contributed by atoms with van der Waals surface area (Å²) in [5.74, 6) is -1.65. The van der Waals surface area contributed by atoms with Crippen LogP contribution in [0.25, 0.3) is 0 Å². The van der Waals surface area contributed by atoms with Gasteiger partial charge in [-0.25, -0.2) is 4.79 Å². The molecule has 12 heteroatoms. The smallest absolute Gasteiger partial charge is 0.331 e. The maximum absolute atomic E-state index is 13.4. The van der Waals surface area contributed by atoms with Crippen LogP contribution in [0.4, 0.5) is 0 Å². The highest BCUT2D eigenvalue weighted by molar-refractivity contribution is 6.99. The lowest BCUT2D eigenvalue weighted by molar-refractivity contribution is -0.297. The molecule has 1 amide bonds.